The van der Waals surface area contributed by atoms with Crippen molar-refractivity contribution in [3.05, 3.63) is 62.5 Å². The molecule has 0 radical (unpaired) electrons. The Hall–Kier alpha value is -1.63. The first kappa shape index (κ1) is 14.3. The second-order valence-electron chi connectivity index (χ2n) is 5.15. The number of amides is 1. The Morgan fingerprint density at radius 3 is 2.86 bits per heavy atom. The van der Waals surface area contributed by atoms with Gasteiger partial charge in [-0.05, 0) is 76.9 Å². The normalized spacial score (nSPS) is 16.6. The SMILES string of the molecule is Nc1ccc2c(c1)CCC2NC(=O)c1ccc(F)cc1I. The summed E-state index contributed by atoms with van der Waals surface area (Å²) in [4.78, 5) is 12.3. The molecule has 0 aliphatic heterocycles. The Morgan fingerprint density at radius 1 is 1.29 bits per heavy atom. The summed E-state index contributed by atoms with van der Waals surface area (Å²) < 4.78 is 13.7. The number of nitrogens with one attached hydrogen (secondary N) is 1. The summed E-state index contributed by atoms with van der Waals surface area (Å²) >= 11 is 1.97. The molecule has 21 heavy (non-hydrogen) atoms. The van der Waals surface area contributed by atoms with E-state index in [0.717, 1.165) is 24.1 Å². The molecule has 0 saturated carbocycles. The quantitative estimate of drug-likeness (QED) is 0.604. The van der Waals surface area contributed by atoms with Crippen LogP contribution < -0.4 is 11.1 Å². The summed E-state index contributed by atoms with van der Waals surface area (Å²) in [5, 5.41) is 3.02. The fraction of sp³-hybridized carbons (Fsp3) is 0.188. The Bertz CT molecular complexity index is 717. The van der Waals surface area contributed by atoms with Gasteiger partial charge in [0.25, 0.3) is 5.91 Å². The van der Waals surface area contributed by atoms with Crippen molar-refractivity contribution in [3.63, 3.8) is 0 Å². The van der Waals surface area contributed by atoms with Crippen molar-refractivity contribution in [2.75, 3.05) is 5.73 Å². The van der Waals surface area contributed by atoms with E-state index in [1.54, 1.807) is 0 Å². The van der Waals surface area contributed by atoms with Crippen molar-refractivity contribution in [2.24, 2.45) is 0 Å². The van der Waals surface area contributed by atoms with Gasteiger partial charge in [-0.3, -0.25) is 4.79 Å². The minimum atomic E-state index is -0.336. The number of nitrogens with two attached hydrogens (primary N) is 1. The van der Waals surface area contributed by atoms with Gasteiger partial charge in [0, 0.05) is 9.26 Å². The van der Waals surface area contributed by atoms with Gasteiger partial charge in [0.2, 0.25) is 0 Å². The van der Waals surface area contributed by atoms with Gasteiger partial charge in [-0.1, -0.05) is 6.07 Å². The third-order valence-corrected chi connectivity index (χ3v) is 4.62. The maximum absolute atomic E-state index is 13.1. The second kappa shape index (κ2) is 5.63. The number of benzene rings is 2. The average molecular weight is 396 g/mol. The summed E-state index contributed by atoms with van der Waals surface area (Å²) in [7, 11) is 0. The Balaban J connectivity index is 1.81. The molecule has 1 atom stereocenters. The fourth-order valence-corrected chi connectivity index (χ4v) is 3.42. The summed E-state index contributed by atoms with van der Waals surface area (Å²) in [5.41, 5.74) is 9.33. The van der Waals surface area contributed by atoms with Crippen LogP contribution in [0.4, 0.5) is 10.1 Å². The van der Waals surface area contributed by atoms with Crippen LogP contribution in [0.1, 0.15) is 33.9 Å². The molecule has 108 valence electrons. The second-order valence-corrected chi connectivity index (χ2v) is 6.31. The van der Waals surface area contributed by atoms with Crippen molar-refractivity contribution in [1.82, 2.24) is 5.32 Å². The lowest BCUT2D eigenvalue weighted by Crippen LogP contribution is -2.27. The molecule has 0 bridgehead atoms. The lowest BCUT2D eigenvalue weighted by Gasteiger charge is -2.15. The van der Waals surface area contributed by atoms with E-state index in [0.29, 0.717) is 9.13 Å². The van der Waals surface area contributed by atoms with Gasteiger partial charge in [-0.25, -0.2) is 4.39 Å². The highest BCUT2D eigenvalue weighted by Gasteiger charge is 2.25. The zero-order chi connectivity index (χ0) is 15.0. The number of halogens is 2. The van der Waals surface area contributed by atoms with E-state index >= 15 is 0 Å². The lowest BCUT2D eigenvalue weighted by molar-refractivity contribution is 0.0936. The molecule has 0 saturated heterocycles. The molecule has 3 nitrogen and oxygen atoms in total. The predicted octanol–water partition coefficient (Wildman–Crippen LogP) is 3.43. The van der Waals surface area contributed by atoms with Gasteiger partial charge in [0.05, 0.1) is 11.6 Å². The monoisotopic (exact) mass is 396 g/mol. The zero-order valence-corrected chi connectivity index (χ0v) is 13.4. The third-order valence-electron chi connectivity index (χ3n) is 3.73. The molecule has 5 heteroatoms. The van der Waals surface area contributed by atoms with Crippen LogP contribution in [-0.2, 0) is 6.42 Å². The van der Waals surface area contributed by atoms with Crippen LogP contribution in [0, 0.1) is 9.39 Å². The molecule has 0 spiro atoms. The Kier molecular flexibility index (Phi) is 3.84. The summed E-state index contributed by atoms with van der Waals surface area (Å²) in [6, 6.07) is 9.96. The molecule has 3 N–H and O–H groups in total. The van der Waals surface area contributed by atoms with Gasteiger partial charge >= 0.3 is 0 Å². The summed E-state index contributed by atoms with van der Waals surface area (Å²) in [6.07, 6.45) is 1.77. The van der Waals surface area contributed by atoms with Crippen molar-refractivity contribution in [2.45, 2.75) is 18.9 Å². The molecule has 0 fully saturated rings. The molecule has 0 heterocycles. The van der Waals surface area contributed by atoms with Gasteiger partial charge < -0.3 is 11.1 Å². The molecular formula is C16H14FIN2O. The molecule has 1 unspecified atom stereocenters. The number of fused-ring (bicyclic) bond motifs is 1. The number of hydrogen-bond acceptors (Lipinski definition) is 2. The highest BCUT2D eigenvalue weighted by Crippen LogP contribution is 2.32. The molecular weight excluding hydrogens is 382 g/mol. The maximum atomic E-state index is 13.1. The number of anilines is 1. The van der Waals surface area contributed by atoms with Gasteiger partial charge in [0.1, 0.15) is 5.82 Å². The minimum absolute atomic E-state index is 0.00560. The predicted molar refractivity (Wildman–Crippen MR) is 88.5 cm³/mol. The molecule has 1 aliphatic carbocycles. The van der Waals surface area contributed by atoms with Crippen LogP contribution in [0.2, 0.25) is 0 Å². The standard InChI is InChI=1S/C16H14FIN2O/c17-10-2-4-13(14(18)8-10)16(21)20-15-6-1-9-7-11(19)3-5-12(9)15/h2-5,7-8,15H,1,6,19H2,(H,20,21). The number of rotatable bonds is 2. The molecule has 2 aromatic rings. The van der Waals surface area contributed by atoms with E-state index in [-0.39, 0.29) is 17.8 Å². The first-order valence-corrected chi connectivity index (χ1v) is 7.76. The molecule has 3 rings (SSSR count). The largest absolute Gasteiger partial charge is 0.399 e. The number of aryl methyl sites for hydroxylation is 1. The smallest absolute Gasteiger partial charge is 0.252 e. The lowest BCUT2D eigenvalue weighted by atomic mass is 10.1. The topological polar surface area (TPSA) is 55.1 Å². The first-order valence-electron chi connectivity index (χ1n) is 6.69. The van der Waals surface area contributed by atoms with Crippen molar-refractivity contribution in [3.8, 4) is 0 Å². The van der Waals surface area contributed by atoms with Crippen molar-refractivity contribution in [1.29, 1.82) is 0 Å². The van der Waals surface area contributed by atoms with Crippen LogP contribution in [0.15, 0.2) is 36.4 Å². The van der Waals surface area contributed by atoms with Gasteiger partial charge in [-0.15, -0.1) is 0 Å². The third kappa shape index (κ3) is 2.88. The van der Waals surface area contributed by atoms with Crippen LogP contribution in [-0.4, -0.2) is 5.91 Å². The van der Waals surface area contributed by atoms with E-state index in [4.69, 9.17) is 5.73 Å². The highest BCUT2D eigenvalue weighted by molar-refractivity contribution is 14.1. The minimum Gasteiger partial charge on any atom is -0.399 e. The van der Waals surface area contributed by atoms with Gasteiger partial charge in [0.15, 0.2) is 0 Å². The maximum Gasteiger partial charge on any atom is 0.252 e. The summed E-state index contributed by atoms with van der Waals surface area (Å²) in [5.74, 6) is -0.508. The van der Waals surface area contributed by atoms with Crippen LogP contribution in [0.3, 0.4) is 0 Å². The number of nitrogen functional groups attached to an aromatic ring is 1. The fourth-order valence-electron chi connectivity index (χ4n) is 2.70. The van der Waals surface area contributed by atoms with Crippen LogP contribution in [0.5, 0.6) is 0 Å². The van der Waals surface area contributed by atoms with Crippen molar-refractivity contribution >= 4 is 34.2 Å². The Morgan fingerprint density at radius 2 is 2.10 bits per heavy atom. The van der Waals surface area contributed by atoms with Crippen LogP contribution >= 0.6 is 22.6 Å². The molecule has 2 aromatic carbocycles. The Labute approximate surface area is 135 Å². The molecule has 1 amide bonds. The van der Waals surface area contributed by atoms with E-state index in [9.17, 15) is 9.18 Å². The number of hydrogen-bond donors (Lipinski definition) is 2. The highest BCUT2D eigenvalue weighted by atomic mass is 127. The molecule has 0 aromatic heterocycles. The van der Waals surface area contributed by atoms with E-state index in [1.807, 2.05) is 40.8 Å². The average Bonchev–Trinajstić information content (AvgIpc) is 2.80. The van der Waals surface area contributed by atoms with E-state index in [1.165, 1.54) is 23.8 Å². The number of carbonyl (C=O) groups is 1. The zero-order valence-electron chi connectivity index (χ0n) is 11.2. The van der Waals surface area contributed by atoms with E-state index in [2.05, 4.69) is 5.32 Å². The number of carbonyl (C=O) groups excluding carboxylic acids is 1. The van der Waals surface area contributed by atoms with Gasteiger partial charge in [-0.2, -0.15) is 0 Å². The van der Waals surface area contributed by atoms with Crippen molar-refractivity contribution < 1.29 is 9.18 Å². The van der Waals surface area contributed by atoms with E-state index < -0.39 is 0 Å². The summed E-state index contributed by atoms with van der Waals surface area (Å²) in [6.45, 7) is 0. The molecule has 1 aliphatic rings. The first-order chi connectivity index (χ1) is 10.0. The van der Waals surface area contributed by atoms with Crippen LogP contribution in [0.25, 0.3) is 0 Å².